The van der Waals surface area contributed by atoms with Crippen molar-refractivity contribution >= 4 is 17.5 Å². The Balaban J connectivity index is 1.54. The second-order valence-electron chi connectivity index (χ2n) is 6.67. The van der Waals surface area contributed by atoms with Crippen molar-refractivity contribution in [3.8, 4) is 11.5 Å². The zero-order valence-electron chi connectivity index (χ0n) is 16.5. The molecule has 154 valence electrons. The van der Waals surface area contributed by atoms with Gasteiger partial charge in [0, 0.05) is 26.7 Å². The summed E-state index contributed by atoms with van der Waals surface area (Å²) in [4.78, 5) is 24.8. The van der Waals surface area contributed by atoms with E-state index in [1.54, 1.807) is 31.4 Å². The molecule has 3 rings (SSSR count). The predicted molar refractivity (Wildman–Crippen MR) is 110 cm³/mol. The molecule has 0 saturated carbocycles. The average molecular weight is 398 g/mol. The van der Waals surface area contributed by atoms with Gasteiger partial charge in [0.15, 0.2) is 11.5 Å². The van der Waals surface area contributed by atoms with E-state index in [1.807, 2.05) is 18.2 Å². The Morgan fingerprint density at radius 2 is 1.86 bits per heavy atom. The first-order chi connectivity index (χ1) is 14.2. The van der Waals surface area contributed by atoms with Gasteiger partial charge in [-0.15, -0.1) is 0 Å². The summed E-state index contributed by atoms with van der Waals surface area (Å²) in [6, 6.07) is 12.7. The lowest BCUT2D eigenvalue weighted by Gasteiger charge is -2.18. The summed E-state index contributed by atoms with van der Waals surface area (Å²) in [6.45, 7) is 2.17. The van der Waals surface area contributed by atoms with E-state index in [2.05, 4.69) is 10.6 Å². The van der Waals surface area contributed by atoms with E-state index in [0.717, 1.165) is 17.7 Å². The van der Waals surface area contributed by atoms with E-state index < -0.39 is 0 Å². The third kappa shape index (κ3) is 5.96. The van der Waals surface area contributed by atoms with Crippen LogP contribution in [0.15, 0.2) is 42.5 Å². The Morgan fingerprint density at radius 1 is 1.07 bits per heavy atom. The molecule has 7 heteroatoms. The molecular formula is C22H26N2O5. The molecule has 29 heavy (non-hydrogen) atoms. The van der Waals surface area contributed by atoms with Gasteiger partial charge in [-0.3, -0.25) is 9.59 Å². The van der Waals surface area contributed by atoms with Gasteiger partial charge in [0.1, 0.15) is 13.2 Å². The molecule has 0 aliphatic carbocycles. The highest BCUT2D eigenvalue weighted by atomic mass is 16.6. The van der Waals surface area contributed by atoms with Crippen LogP contribution in [0.5, 0.6) is 11.5 Å². The highest BCUT2D eigenvalue weighted by Gasteiger charge is 2.14. The van der Waals surface area contributed by atoms with Gasteiger partial charge in [0.2, 0.25) is 5.91 Å². The number of methoxy groups -OCH3 is 1. The number of fused-ring (bicyclic) bond motifs is 1. The number of amides is 2. The topological polar surface area (TPSA) is 85.9 Å². The normalized spacial score (nSPS) is 12.3. The van der Waals surface area contributed by atoms with Gasteiger partial charge in [-0.1, -0.05) is 18.2 Å². The minimum absolute atomic E-state index is 0.153. The van der Waals surface area contributed by atoms with E-state index in [4.69, 9.17) is 14.2 Å². The van der Waals surface area contributed by atoms with Crippen LogP contribution in [-0.2, 0) is 16.0 Å². The SMILES string of the molecule is COCCCNC(=O)c1ccccc1NC(=O)CCc1ccc2c(c1)OCCO2. The number of hydrogen-bond donors (Lipinski definition) is 2. The monoisotopic (exact) mass is 398 g/mol. The number of hydrogen-bond acceptors (Lipinski definition) is 5. The van der Waals surface area contributed by atoms with Crippen molar-refractivity contribution in [2.45, 2.75) is 19.3 Å². The van der Waals surface area contributed by atoms with Crippen molar-refractivity contribution in [3.05, 3.63) is 53.6 Å². The molecule has 0 fully saturated rings. The average Bonchev–Trinajstić information content (AvgIpc) is 2.75. The van der Waals surface area contributed by atoms with Crippen LogP contribution in [0.1, 0.15) is 28.8 Å². The van der Waals surface area contributed by atoms with Gasteiger partial charge in [0.05, 0.1) is 11.3 Å². The molecule has 2 aromatic rings. The van der Waals surface area contributed by atoms with Crippen molar-refractivity contribution in [1.82, 2.24) is 5.32 Å². The first kappa shape index (κ1) is 20.7. The fraction of sp³-hybridized carbons (Fsp3) is 0.364. The molecule has 2 amide bonds. The largest absolute Gasteiger partial charge is 0.486 e. The van der Waals surface area contributed by atoms with Gasteiger partial charge in [-0.25, -0.2) is 0 Å². The molecule has 1 aliphatic rings. The van der Waals surface area contributed by atoms with Crippen LogP contribution < -0.4 is 20.1 Å². The van der Waals surface area contributed by atoms with E-state index in [9.17, 15) is 9.59 Å². The summed E-state index contributed by atoms with van der Waals surface area (Å²) < 4.78 is 16.1. The summed E-state index contributed by atoms with van der Waals surface area (Å²) in [5, 5.41) is 5.68. The molecule has 0 bridgehead atoms. The fourth-order valence-corrected chi connectivity index (χ4v) is 3.02. The number of anilines is 1. The standard InChI is InChI=1S/C22H26N2O5/c1-27-12-4-11-23-22(26)17-5-2-3-6-18(17)24-21(25)10-8-16-7-9-19-20(15-16)29-14-13-28-19/h2-3,5-7,9,15H,4,8,10-14H2,1H3,(H,23,26)(H,24,25). The first-order valence-corrected chi connectivity index (χ1v) is 9.72. The number of para-hydroxylation sites is 1. The van der Waals surface area contributed by atoms with Gasteiger partial charge >= 0.3 is 0 Å². The van der Waals surface area contributed by atoms with Crippen LogP contribution in [0.3, 0.4) is 0 Å². The Hall–Kier alpha value is -3.06. The molecule has 2 aromatic carbocycles. The summed E-state index contributed by atoms with van der Waals surface area (Å²) in [6.07, 6.45) is 1.59. The van der Waals surface area contributed by atoms with Crippen LogP contribution in [0.4, 0.5) is 5.69 Å². The predicted octanol–water partition coefficient (Wildman–Crippen LogP) is 2.80. The lowest BCUT2D eigenvalue weighted by atomic mass is 10.1. The van der Waals surface area contributed by atoms with Crippen molar-refractivity contribution in [1.29, 1.82) is 0 Å². The number of carbonyl (C=O) groups excluding carboxylic acids is 2. The number of benzene rings is 2. The van der Waals surface area contributed by atoms with E-state index in [-0.39, 0.29) is 11.8 Å². The molecule has 0 atom stereocenters. The second kappa shape index (κ2) is 10.5. The van der Waals surface area contributed by atoms with Crippen LogP contribution in [0.2, 0.25) is 0 Å². The van der Waals surface area contributed by atoms with Crippen LogP contribution >= 0.6 is 0 Å². The zero-order chi connectivity index (χ0) is 20.5. The fourth-order valence-electron chi connectivity index (χ4n) is 3.02. The zero-order valence-corrected chi connectivity index (χ0v) is 16.5. The third-order valence-electron chi connectivity index (χ3n) is 4.50. The lowest BCUT2D eigenvalue weighted by Crippen LogP contribution is -2.26. The Kier molecular flexibility index (Phi) is 7.47. The van der Waals surface area contributed by atoms with Crippen molar-refractivity contribution in [2.75, 3.05) is 38.8 Å². The number of nitrogens with one attached hydrogen (secondary N) is 2. The maximum Gasteiger partial charge on any atom is 0.253 e. The maximum absolute atomic E-state index is 12.4. The molecular weight excluding hydrogens is 372 g/mol. The summed E-state index contributed by atoms with van der Waals surface area (Å²) in [5.74, 6) is 1.07. The van der Waals surface area contributed by atoms with Gasteiger partial charge in [-0.2, -0.15) is 0 Å². The van der Waals surface area contributed by atoms with Gasteiger partial charge < -0.3 is 24.8 Å². The summed E-state index contributed by atoms with van der Waals surface area (Å²) >= 11 is 0. The number of aryl methyl sites for hydroxylation is 1. The van der Waals surface area contributed by atoms with E-state index in [0.29, 0.717) is 56.2 Å². The molecule has 0 aromatic heterocycles. The van der Waals surface area contributed by atoms with Gasteiger partial charge in [-0.05, 0) is 42.7 Å². The smallest absolute Gasteiger partial charge is 0.253 e. The molecule has 0 radical (unpaired) electrons. The van der Waals surface area contributed by atoms with Crippen LogP contribution in [-0.4, -0.2) is 45.3 Å². The summed E-state index contributed by atoms with van der Waals surface area (Å²) in [5.41, 5.74) is 1.94. The van der Waals surface area contributed by atoms with Crippen molar-refractivity contribution in [3.63, 3.8) is 0 Å². The summed E-state index contributed by atoms with van der Waals surface area (Å²) in [7, 11) is 1.62. The Morgan fingerprint density at radius 3 is 2.69 bits per heavy atom. The molecule has 2 N–H and O–H groups in total. The van der Waals surface area contributed by atoms with Crippen molar-refractivity contribution in [2.24, 2.45) is 0 Å². The number of rotatable bonds is 9. The molecule has 7 nitrogen and oxygen atoms in total. The number of carbonyl (C=O) groups is 2. The highest BCUT2D eigenvalue weighted by Crippen LogP contribution is 2.31. The number of ether oxygens (including phenoxy) is 3. The third-order valence-corrected chi connectivity index (χ3v) is 4.50. The molecule has 0 unspecified atom stereocenters. The Bertz CT molecular complexity index is 853. The second-order valence-corrected chi connectivity index (χ2v) is 6.67. The lowest BCUT2D eigenvalue weighted by molar-refractivity contribution is -0.116. The highest BCUT2D eigenvalue weighted by molar-refractivity contribution is 6.03. The Labute approximate surface area is 170 Å². The van der Waals surface area contributed by atoms with Gasteiger partial charge in [0.25, 0.3) is 5.91 Å². The molecule has 1 aliphatic heterocycles. The molecule has 1 heterocycles. The quantitative estimate of drug-likeness (QED) is 0.635. The maximum atomic E-state index is 12.4. The van der Waals surface area contributed by atoms with E-state index in [1.165, 1.54) is 0 Å². The van der Waals surface area contributed by atoms with E-state index >= 15 is 0 Å². The minimum atomic E-state index is -0.219. The first-order valence-electron chi connectivity index (χ1n) is 9.72. The molecule has 0 saturated heterocycles. The molecule has 0 spiro atoms. The van der Waals surface area contributed by atoms with Crippen LogP contribution in [0.25, 0.3) is 0 Å². The minimum Gasteiger partial charge on any atom is -0.486 e. The van der Waals surface area contributed by atoms with Crippen molar-refractivity contribution < 1.29 is 23.8 Å². The van der Waals surface area contributed by atoms with Crippen LogP contribution in [0, 0.1) is 0 Å².